The highest BCUT2D eigenvalue weighted by Gasteiger charge is 2.38. The second-order valence-electron chi connectivity index (χ2n) is 11.3. The van der Waals surface area contributed by atoms with Crippen molar-refractivity contribution in [3.05, 3.63) is 59.3 Å². The molecule has 5 aromatic rings. The molecular formula is C31H27F6N7O2S. The van der Waals surface area contributed by atoms with Gasteiger partial charge in [0.2, 0.25) is 0 Å². The molecule has 0 aliphatic carbocycles. The molecule has 5 heterocycles. The summed E-state index contributed by atoms with van der Waals surface area (Å²) in [5.41, 5.74) is 2.93. The molecule has 2 fully saturated rings. The number of rotatable bonds is 5. The predicted molar refractivity (Wildman–Crippen MR) is 164 cm³/mol. The van der Waals surface area contributed by atoms with Crippen LogP contribution < -0.4 is 15.4 Å². The monoisotopic (exact) mass is 675 g/mol. The lowest BCUT2D eigenvalue weighted by Crippen LogP contribution is -2.22. The van der Waals surface area contributed by atoms with E-state index in [0.29, 0.717) is 29.6 Å². The first-order valence-corrected chi connectivity index (χ1v) is 15.3. The maximum absolute atomic E-state index is 16.3. The van der Waals surface area contributed by atoms with Crippen molar-refractivity contribution in [3.63, 3.8) is 0 Å². The number of aromatic nitrogens is 3. The van der Waals surface area contributed by atoms with Crippen LogP contribution >= 0.6 is 11.3 Å². The van der Waals surface area contributed by atoms with Gasteiger partial charge in [0.05, 0.1) is 35.2 Å². The third-order valence-corrected chi connectivity index (χ3v) is 9.31. The molecule has 2 N–H and O–H groups in total. The van der Waals surface area contributed by atoms with Crippen molar-refractivity contribution in [1.82, 2.24) is 19.9 Å². The number of oxazole rings is 1. The third-order valence-electron chi connectivity index (χ3n) is 8.28. The smallest absolute Gasteiger partial charge is 0.417 e. The lowest BCUT2D eigenvalue weighted by molar-refractivity contribution is -0.137. The molecule has 16 heteroatoms. The van der Waals surface area contributed by atoms with Gasteiger partial charge >= 0.3 is 12.2 Å². The molecule has 0 saturated carbocycles. The normalized spacial score (nSPS) is 17.9. The fourth-order valence-electron chi connectivity index (χ4n) is 6.23. The van der Waals surface area contributed by atoms with Gasteiger partial charge in [0, 0.05) is 36.0 Å². The van der Waals surface area contributed by atoms with Gasteiger partial charge in [-0.15, -0.1) is 11.3 Å². The van der Waals surface area contributed by atoms with Crippen molar-refractivity contribution in [2.75, 3.05) is 37.9 Å². The van der Waals surface area contributed by atoms with Crippen LogP contribution in [0.5, 0.6) is 6.01 Å². The van der Waals surface area contributed by atoms with E-state index in [4.69, 9.17) is 14.9 Å². The highest BCUT2D eigenvalue weighted by Crippen LogP contribution is 2.48. The molecule has 47 heavy (non-hydrogen) atoms. The summed E-state index contributed by atoms with van der Waals surface area (Å²) in [5.74, 6) is -2.22. The third kappa shape index (κ3) is 6.00. The average Bonchev–Trinajstić information content (AvgIpc) is 3.82. The molecule has 246 valence electrons. The first-order valence-electron chi connectivity index (χ1n) is 14.4. The molecule has 0 spiro atoms. The molecule has 0 bridgehead atoms. The number of nitrogens with zero attached hydrogens (tertiary/aromatic N) is 6. The van der Waals surface area contributed by atoms with Gasteiger partial charge in [-0.05, 0) is 43.5 Å². The van der Waals surface area contributed by atoms with Gasteiger partial charge in [-0.25, -0.2) is 18.2 Å². The minimum Gasteiger partial charge on any atom is -0.467 e. The van der Waals surface area contributed by atoms with Crippen molar-refractivity contribution in [2.45, 2.75) is 44.2 Å². The van der Waals surface area contributed by atoms with E-state index in [1.54, 1.807) is 6.07 Å². The predicted octanol–water partition coefficient (Wildman–Crippen LogP) is 7.09. The van der Waals surface area contributed by atoms with E-state index in [9.17, 15) is 27.2 Å². The standard InChI is InChI=1S/C24H15F5N6O2S.C7H12FN/c1-35(7-10-8-37-9-32-10)22-12-5-14(24(27,28)29)17(18(26)19(12)33-23(34-22)36-2)11-3-4-15(25)20-16(11)13(6-30)21(31)38-20;8-6-4-7-2-1-3-9(7)5-6/h3-5,8-9H,7,31H2,1-2H3;6-7H,1-5H2. The van der Waals surface area contributed by atoms with E-state index in [0.717, 1.165) is 31.2 Å². The van der Waals surface area contributed by atoms with Crippen molar-refractivity contribution in [1.29, 1.82) is 5.26 Å². The first-order chi connectivity index (χ1) is 22.4. The number of ether oxygens (including phenoxy) is 1. The lowest BCUT2D eigenvalue weighted by Gasteiger charge is -2.22. The van der Waals surface area contributed by atoms with Gasteiger partial charge in [0.1, 0.15) is 40.7 Å². The Balaban J connectivity index is 0.000000366. The van der Waals surface area contributed by atoms with Gasteiger partial charge in [0.25, 0.3) is 0 Å². The van der Waals surface area contributed by atoms with E-state index in [2.05, 4.69) is 19.9 Å². The van der Waals surface area contributed by atoms with Gasteiger partial charge in [0.15, 0.2) is 12.2 Å². The largest absolute Gasteiger partial charge is 0.467 e. The van der Waals surface area contributed by atoms with Crippen LogP contribution in [0.25, 0.3) is 32.1 Å². The minimum atomic E-state index is -5.05. The summed E-state index contributed by atoms with van der Waals surface area (Å²) >= 11 is 0.686. The number of nitriles is 1. The summed E-state index contributed by atoms with van der Waals surface area (Å²) in [6.45, 7) is 1.92. The Morgan fingerprint density at radius 2 is 2.04 bits per heavy atom. The topological polar surface area (TPSA) is 117 Å². The Morgan fingerprint density at radius 3 is 2.70 bits per heavy atom. The Labute approximate surface area is 268 Å². The fourth-order valence-corrected chi connectivity index (χ4v) is 7.18. The van der Waals surface area contributed by atoms with Gasteiger partial charge < -0.3 is 19.8 Å². The molecule has 2 atom stereocenters. The zero-order valence-corrected chi connectivity index (χ0v) is 25.9. The van der Waals surface area contributed by atoms with Crippen molar-refractivity contribution in [2.24, 2.45) is 0 Å². The second-order valence-corrected chi connectivity index (χ2v) is 12.3. The molecule has 2 aliphatic heterocycles. The fraction of sp³-hybridized carbons (Fsp3) is 0.355. The van der Waals surface area contributed by atoms with Crippen LogP contribution in [-0.2, 0) is 12.7 Å². The Morgan fingerprint density at radius 1 is 1.26 bits per heavy atom. The SMILES string of the molecule is COc1nc(N(C)Cc2cocn2)c2cc(C(F)(F)F)c(-c3ccc(F)c4sc(N)c(C#N)c34)c(F)c2n1.FC1CC2CCCN2C1. The number of nitrogens with two attached hydrogens (primary N) is 1. The summed E-state index contributed by atoms with van der Waals surface area (Å²) < 4.78 is 96.7. The summed E-state index contributed by atoms with van der Waals surface area (Å²) in [7, 11) is 2.74. The minimum absolute atomic E-state index is 0.0625. The Hall–Kier alpha value is -4.62. The number of anilines is 2. The number of benzene rings is 2. The van der Waals surface area contributed by atoms with Crippen LogP contribution in [0.4, 0.5) is 37.2 Å². The maximum Gasteiger partial charge on any atom is 0.417 e. The number of halogens is 6. The van der Waals surface area contributed by atoms with Crippen LogP contribution in [0.15, 0.2) is 35.3 Å². The zero-order chi connectivity index (χ0) is 33.6. The Bertz CT molecular complexity index is 1980. The molecule has 2 saturated heterocycles. The van der Waals surface area contributed by atoms with E-state index in [1.165, 1.54) is 44.6 Å². The number of methoxy groups -OCH3 is 1. The van der Waals surface area contributed by atoms with E-state index in [-0.39, 0.29) is 50.0 Å². The number of thiophene rings is 1. The van der Waals surface area contributed by atoms with Gasteiger partial charge in [-0.1, -0.05) is 6.07 Å². The van der Waals surface area contributed by atoms with Gasteiger partial charge in [-0.2, -0.15) is 28.4 Å². The highest BCUT2D eigenvalue weighted by atomic mass is 32.1. The number of fused-ring (bicyclic) bond motifs is 3. The molecule has 0 amide bonds. The first kappa shape index (κ1) is 32.3. The molecule has 7 rings (SSSR count). The van der Waals surface area contributed by atoms with Crippen molar-refractivity contribution < 1.29 is 35.5 Å². The summed E-state index contributed by atoms with van der Waals surface area (Å²) in [6, 6.07) is 4.70. The molecule has 0 radical (unpaired) electrons. The van der Waals surface area contributed by atoms with Crippen molar-refractivity contribution >= 4 is 43.1 Å². The molecule has 2 aliphatic rings. The van der Waals surface area contributed by atoms with Crippen LogP contribution in [-0.4, -0.2) is 59.3 Å². The number of hydrogen-bond acceptors (Lipinski definition) is 10. The zero-order valence-electron chi connectivity index (χ0n) is 25.0. The van der Waals surface area contributed by atoms with E-state index < -0.39 is 40.6 Å². The number of alkyl halides is 4. The summed E-state index contributed by atoms with van der Waals surface area (Å²) in [4.78, 5) is 15.8. The molecule has 9 nitrogen and oxygen atoms in total. The molecule has 2 aromatic carbocycles. The highest BCUT2D eigenvalue weighted by molar-refractivity contribution is 7.23. The number of nitrogen functional groups attached to an aromatic ring is 1. The van der Waals surface area contributed by atoms with Crippen LogP contribution in [0.2, 0.25) is 0 Å². The van der Waals surface area contributed by atoms with Crippen LogP contribution in [0.3, 0.4) is 0 Å². The van der Waals surface area contributed by atoms with Crippen molar-refractivity contribution in [3.8, 4) is 23.2 Å². The quantitative estimate of drug-likeness (QED) is 0.195. The molecular weight excluding hydrogens is 648 g/mol. The summed E-state index contributed by atoms with van der Waals surface area (Å²) in [5, 5.41) is 9.01. The number of hydrogen-bond donors (Lipinski definition) is 1. The van der Waals surface area contributed by atoms with E-state index in [1.807, 2.05) is 0 Å². The van der Waals surface area contributed by atoms with Crippen LogP contribution in [0, 0.1) is 23.0 Å². The molecule has 3 aromatic heterocycles. The maximum atomic E-state index is 16.3. The Kier molecular flexibility index (Phi) is 8.62. The second kappa shape index (κ2) is 12.5. The van der Waals surface area contributed by atoms with E-state index >= 15 is 4.39 Å². The van der Waals surface area contributed by atoms with Crippen LogP contribution in [0.1, 0.15) is 36.1 Å². The lowest BCUT2D eigenvalue weighted by atomic mass is 9.92. The van der Waals surface area contributed by atoms with Gasteiger partial charge in [-0.3, -0.25) is 4.90 Å². The average molecular weight is 676 g/mol. The molecule has 2 unspecified atom stereocenters. The summed E-state index contributed by atoms with van der Waals surface area (Å²) in [6.07, 6.45) is 0.288.